The van der Waals surface area contributed by atoms with Crippen LogP contribution in [0.25, 0.3) is 0 Å². The van der Waals surface area contributed by atoms with E-state index in [2.05, 4.69) is 20.2 Å². The van der Waals surface area contributed by atoms with Crippen molar-refractivity contribution in [2.75, 3.05) is 24.2 Å². The van der Waals surface area contributed by atoms with Gasteiger partial charge in [-0.2, -0.15) is 0 Å². The monoisotopic (exact) mass is 374 g/mol. The van der Waals surface area contributed by atoms with Crippen LogP contribution in [-0.2, 0) is 9.53 Å². The van der Waals surface area contributed by atoms with Crippen molar-refractivity contribution >= 4 is 29.8 Å². The molecule has 2 aromatic rings. The summed E-state index contributed by atoms with van der Waals surface area (Å²) in [5.41, 5.74) is 6.88. The lowest BCUT2D eigenvalue weighted by Gasteiger charge is -1.95. The molecule has 25 heavy (non-hydrogen) atoms. The van der Waals surface area contributed by atoms with Gasteiger partial charge in [-0.1, -0.05) is 10.3 Å². The van der Waals surface area contributed by atoms with E-state index >= 15 is 0 Å². The number of nitrogens with one attached hydrogen (secondary N) is 1. The Morgan fingerprint density at radius 2 is 1.84 bits per heavy atom. The lowest BCUT2D eigenvalue weighted by molar-refractivity contribution is -0.144. The van der Waals surface area contributed by atoms with Crippen molar-refractivity contribution in [2.45, 2.75) is 40.5 Å². The van der Waals surface area contributed by atoms with Crippen LogP contribution in [0.3, 0.4) is 0 Å². The van der Waals surface area contributed by atoms with Crippen LogP contribution in [0, 0.1) is 19.8 Å². The number of carbonyl (C=O) groups is 1. The molecule has 8 nitrogen and oxygen atoms in total. The summed E-state index contributed by atoms with van der Waals surface area (Å²) in [5.74, 6) is 1.78. The van der Waals surface area contributed by atoms with Gasteiger partial charge in [-0.05, 0) is 40.5 Å². The number of nitrogens with zero attached hydrogens (tertiary/aromatic N) is 2. The average molecular weight is 375 g/mol. The van der Waals surface area contributed by atoms with Crippen LogP contribution in [0.2, 0.25) is 0 Å². The highest BCUT2D eigenvalue weighted by atomic mass is 35.5. The molecule has 1 fully saturated rings. The van der Waals surface area contributed by atoms with Gasteiger partial charge in [0.25, 0.3) is 0 Å². The molecular weight excluding hydrogens is 348 g/mol. The number of halogens is 1. The summed E-state index contributed by atoms with van der Waals surface area (Å²) in [7, 11) is 0. The quantitative estimate of drug-likeness (QED) is 0.782. The van der Waals surface area contributed by atoms with Crippen molar-refractivity contribution < 1.29 is 18.6 Å². The van der Waals surface area contributed by atoms with E-state index in [1.807, 2.05) is 20.8 Å². The SMILES string of the molecule is CCNc1cnoc1C.CCOC(=O)C1CC1.Cc1oncc1N.Cl. The van der Waals surface area contributed by atoms with E-state index in [1.54, 1.807) is 13.1 Å². The van der Waals surface area contributed by atoms with Crippen molar-refractivity contribution in [2.24, 2.45) is 5.92 Å². The fourth-order valence-corrected chi connectivity index (χ4v) is 1.54. The third kappa shape index (κ3) is 8.99. The highest BCUT2D eigenvalue weighted by Crippen LogP contribution is 2.29. The minimum atomic E-state index is -0.00694. The van der Waals surface area contributed by atoms with Crippen molar-refractivity contribution in [1.82, 2.24) is 10.3 Å². The first-order chi connectivity index (χ1) is 11.5. The molecule has 0 aromatic carbocycles. The first-order valence-corrected chi connectivity index (χ1v) is 7.98. The Hall–Kier alpha value is -2.22. The smallest absolute Gasteiger partial charge is 0.308 e. The van der Waals surface area contributed by atoms with Gasteiger partial charge in [0.2, 0.25) is 0 Å². The van der Waals surface area contributed by atoms with Gasteiger partial charge in [0, 0.05) is 6.54 Å². The molecule has 0 saturated heterocycles. The lowest BCUT2D eigenvalue weighted by atomic mass is 10.4. The Bertz CT molecular complexity index is 594. The lowest BCUT2D eigenvalue weighted by Crippen LogP contribution is -2.04. The number of nitrogens with two attached hydrogens (primary N) is 1. The summed E-state index contributed by atoms with van der Waals surface area (Å²) >= 11 is 0. The van der Waals surface area contributed by atoms with Gasteiger partial charge in [0.15, 0.2) is 11.5 Å². The molecule has 0 spiro atoms. The number of ether oxygens (including phenoxy) is 1. The highest BCUT2D eigenvalue weighted by Gasteiger charge is 2.30. The molecule has 1 aliphatic carbocycles. The van der Waals surface area contributed by atoms with Crippen molar-refractivity contribution in [3.8, 4) is 0 Å². The molecule has 142 valence electrons. The number of aromatic nitrogens is 2. The van der Waals surface area contributed by atoms with Gasteiger partial charge in [-0.25, -0.2) is 0 Å². The van der Waals surface area contributed by atoms with Crippen molar-refractivity contribution in [1.29, 1.82) is 0 Å². The van der Waals surface area contributed by atoms with Gasteiger partial charge in [0.05, 0.1) is 36.3 Å². The summed E-state index contributed by atoms with van der Waals surface area (Å²) in [6.07, 6.45) is 5.24. The maximum Gasteiger partial charge on any atom is 0.308 e. The van der Waals surface area contributed by atoms with Crippen LogP contribution in [0.5, 0.6) is 0 Å². The van der Waals surface area contributed by atoms with E-state index in [4.69, 9.17) is 15.0 Å². The second-order valence-corrected chi connectivity index (χ2v) is 5.19. The number of anilines is 2. The largest absolute Gasteiger partial charge is 0.466 e. The van der Waals surface area contributed by atoms with Gasteiger partial charge in [-0.3, -0.25) is 4.79 Å². The summed E-state index contributed by atoms with van der Waals surface area (Å²) in [4.78, 5) is 10.6. The van der Waals surface area contributed by atoms with E-state index in [1.165, 1.54) is 6.20 Å². The van der Waals surface area contributed by atoms with E-state index < -0.39 is 0 Å². The zero-order valence-electron chi connectivity index (χ0n) is 15.1. The summed E-state index contributed by atoms with van der Waals surface area (Å²) in [5, 5.41) is 10.1. The molecule has 2 aromatic heterocycles. The second kappa shape index (κ2) is 12.2. The predicted octanol–water partition coefficient (Wildman–Crippen LogP) is 3.36. The molecule has 0 unspecified atom stereocenters. The standard InChI is InChI=1S/C6H10N2O.C6H10O2.C4H6N2O.ClH/c1-3-7-6-4-8-9-5(6)2;1-2-8-6(7)5-3-4-5;1-3-4(5)2-6-7-3;/h4,7H,3H2,1-2H3;5H,2-4H2,1H3;2H,5H2,1H3;1H. The molecule has 1 saturated carbocycles. The fourth-order valence-electron chi connectivity index (χ4n) is 1.54. The Labute approximate surface area is 153 Å². The Kier molecular flexibility index (Phi) is 11.1. The normalized spacial score (nSPS) is 11.8. The summed E-state index contributed by atoms with van der Waals surface area (Å²) in [6.45, 7) is 8.94. The Morgan fingerprint density at radius 3 is 2.16 bits per heavy atom. The number of hydrogen-bond donors (Lipinski definition) is 2. The third-order valence-corrected chi connectivity index (χ3v) is 3.10. The van der Waals surface area contributed by atoms with Gasteiger partial charge < -0.3 is 24.8 Å². The number of carbonyl (C=O) groups excluding carboxylic acids is 1. The number of esters is 1. The number of nitrogen functional groups attached to an aromatic ring is 1. The maximum absolute atomic E-state index is 10.6. The topological polar surface area (TPSA) is 116 Å². The first kappa shape index (κ1) is 22.8. The Balaban J connectivity index is 0.000000341. The zero-order chi connectivity index (χ0) is 17.9. The minimum absolute atomic E-state index is 0. The second-order valence-electron chi connectivity index (χ2n) is 5.19. The molecule has 3 N–H and O–H groups in total. The fraction of sp³-hybridized carbons (Fsp3) is 0.562. The molecule has 9 heteroatoms. The molecule has 0 atom stereocenters. The van der Waals surface area contributed by atoms with E-state index in [0.717, 1.165) is 30.8 Å². The molecule has 2 heterocycles. The van der Waals surface area contributed by atoms with Crippen LogP contribution in [0.15, 0.2) is 21.4 Å². The molecule has 3 rings (SSSR count). The summed E-state index contributed by atoms with van der Waals surface area (Å²) < 4.78 is 14.1. The van der Waals surface area contributed by atoms with Gasteiger partial charge in [-0.15, -0.1) is 12.4 Å². The average Bonchev–Trinajstić information content (AvgIpc) is 3.25. The number of aryl methyl sites for hydroxylation is 2. The summed E-state index contributed by atoms with van der Waals surface area (Å²) in [6, 6.07) is 0. The molecule has 0 bridgehead atoms. The highest BCUT2D eigenvalue weighted by molar-refractivity contribution is 5.85. The zero-order valence-corrected chi connectivity index (χ0v) is 15.9. The van der Waals surface area contributed by atoms with Crippen molar-refractivity contribution in [3.63, 3.8) is 0 Å². The third-order valence-electron chi connectivity index (χ3n) is 3.10. The van der Waals surface area contributed by atoms with E-state index in [0.29, 0.717) is 18.1 Å². The van der Waals surface area contributed by atoms with Gasteiger partial charge >= 0.3 is 5.97 Å². The van der Waals surface area contributed by atoms with Crippen LogP contribution in [0.4, 0.5) is 11.4 Å². The van der Waals surface area contributed by atoms with Crippen LogP contribution < -0.4 is 11.1 Å². The van der Waals surface area contributed by atoms with Gasteiger partial charge in [0.1, 0.15) is 0 Å². The van der Waals surface area contributed by atoms with Crippen LogP contribution in [-0.4, -0.2) is 29.4 Å². The predicted molar refractivity (Wildman–Crippen MR) is 97.7 cm³/mol. The Morgan fingerprint density at radius 1 is 1.24 bits per heavy atom. The van der Waals surface area contributed by atoms with Crippen molar-refractivity contribution in [3.05, 3.63) is 23.9 Å². The first-order valence-electron chi connectivity index (χ1n) is 7.98. The number of hydrogen-bond acceptors (Lipinski definition) is 8. The van der Waals surface area contributed by atoms with Crippen LogP contribution in [0.1, 0.15) is 38.2 Å². The van der Waals surface area contributed by atoms with E-state index in [9.17, 15) is 4.79 Å². The number of rotatable bonds is 4. The minimum Gasteiger partial charge on any atom is -0.466 e. The molecule has 0 radical (unpaired) electrons. The maximum atomic E-state index is 10.6. The molecule has 1 aliphatic rings. The molecule has 0 amide bonds. The molecular formula is C16H27ClN4O4. The molecule has 0 aliphatic heterocycles. The van der Waals surface area contributed by atoms with E-state index in [-0.39, 0.29) is 24.3 Å². The van der Waals surface area contributed by atoms with Crippen LogP contribution >= 0.6 is 12.4 Å².